The Labute approximate surface area is 64.4 Å². The Morgan fingerprint density at radius 1 is 1.30 bits per heavy atom. The van der Waals surface area contributed by atoms with Gasteiger partial charge in [-0.1, -0.05) is 20.8 Å². The van der Waals surface area contributed by atoms with E-state index in [-0.39, 0.29) is 0 Å². The lowest BCUT2D eigenvalue weighted by Crippen LogP contribution is -2.33. The van der Waals surface area contributed by atoms with Crippen molar-refractivity contribution in [2.24, 2.45) is 5.92 Å². The first kappa shape index (κ1) is 9.92. The average molecular weight is 143 g/mol. The predicted molar refractivity (Wildman–Crippen MR) is 44.4 cm³/mol. The molecule has 0 aliphatic heterocycles. The van der Waals surface area contributed by atoms with E-state index < -0.39 is 0 Å². The number of nitrogens with zero attached hydrogens (tertiary/aromatic N) is 1. The molecule has 0 amide bonds. The fourth-order valence-corrected chi connectivity index (χ4v) is 0.794. The second kappa shape index (κ2) is 4.69. The highest BCUT2D eigenvalue weighted by Crippen LogP contribution is 2.02. The summed E-state index contributed by atoms with van der Waals surface area (Å²) in [6.07, 6.45) is 1.07. The molecule has 0 saturated carbocycles. The van der Waals surface area contributed by atoms with Gasteiger partial charge in [-0.2, -0.15) is 5.84 Å². The van der Waals surface area contributed by atoms with Crippen LogP contribution in [0.25, 0.3) is 0 Å². The predicted octanol–water partition coefficient (Wildman–Crippen LogP) is 1.94. The van der Waals surface area contributed by atoms with E-state index in [1.807, 2.05) is 0 Å². The zero-order valence-electron chi connectivity index (χ0n) is 7.52. The molecule has 1 unspecified atom stereocenters. The van der Waals surface area contributed by atoms with E-state index in [1.54, 1.807) is 5.01 Å². The van der Waals surface area contributed by atoms with Gasteiger partial charge in [0.1, 0.15) is 0 Å². The van der Waals surface area contributed by atoms with E-state index in [1.165, 1.54) is 0 Å². The Kier molecular flexibility index (Phi) is 4.65. The van der Waals surface area contributed by atoms with Crippen LogP contribution in [0.1, 0.15) is 34.1 Å². The van der Waals surface area contributed by atoms with E-state index in [9.17, 15) is 0 Å². The quantitative estimate of drug-likeness (QED) is 0.552. The standard InChI is InChI=1S/C8H19N2/c1-5-8(4)10(9)6-7(2)3/h7-9H,5-6H2,1-4H3. The van der Waals surface area contributed by atoms with Crippen molar-refractivity contribution in [1.29, 1.82) is 0 Å². The van der Waals surface area contributed by atoms with Gasteiger partial charge in [-0.25, -0.2) is 5.01 Å². The second-order valence-electron chi connectivity index (χ2n) is 3.30. The van der Waals surface area contributed by atoms with Gasteiger partial charge in [0.2, 0.25) is 0 Å². The SMILES string of the molecule is CCC(C)N([NH])CC(C)C. The molecular formula is C8H19N2. The van der Waals surface area contributed by atoms with Gasteiger partial charge in [0.25, 0.3) is 0 Å². The molecular weight excluding hydrogens is 124 g/mol. The van der Waals surface area contributed by atoms with E-state index >= 15 is 0 Å². The van der Waals surface area contributed by atoms with E-state index in [0.717, 1.165) is 13.0 Å². The molecule has 0 aliphatic carbocycles. The minimum Gasteiger partial charge on any atom is -0.227 e. The lowest BCUT2D eigenvalue weighted by atomic mass is 10.2. The fourth-order valence-electron chi connectivity index (χ4n) is 0.794. The topological polar surface area (TPSA) is 27.0 Å². The first-order chi connectivity index (χ1) is 4.57. The zero-order valence-corrected chi connectivity index (χ0v) is 7.52. The first-order valence-corrected chi connectivity index (χ1v) is 4.05. The van der Waals surface area contributed by atoms with Gasteiger partial charge in [-0.3, -0.25) is 0 Å². The van der Waals surface area contributed by atoms with Gasteiger partial charge in [-0.15, -0.1) is 0 Å². The molecule has 0 fully saturated rings. The maximum absolute atomic E-state index is 7.54. The lowest BCUT2D eigenvalue weighted by molar-refractivity contribution is 0.173. The average Bonchev–Trinajstić information content (AvgIpc) is 1.85. The Bertz CT molecular complexity index is 81.3. The van der Waals surface area contributed by atoms with Crippen LogP contribution in [0.2, 0.25) is 0 Å². The molecule has 0 aromatic rings. The summed E-state index contributed by atoms with van der Waals surface area (Å²) in [5, 5.41) is 1.67. The summed E-state index contributed by atoms with van der Waals surface area (Å²) in [4.78, 5) is 0. The van der Waals surface area contributed by atoms with E-state index in [4.69, 9.17) is 5.84 Å². The van der Waals surface area contributed by atoms with Gasteiger partial charge in [0.05, 0.1) is 0 Å². The highest BCUT2D eigenvalue weighted by molar-refractivity contribution is 4.59. The Morgan fingerprint density at radius 2 is 1.80 bits per heavy atom. The molecule has 0 aromatic heterocycles. The third-order valence-electron chi connectivity index (χ3n) is 1.68. The number of hydrogen-bond acceptors (Lipinski definition) is 1. The summed E-state index contributed by atoms with van der Waals surface area (Å²) in [5.74, 6) is 8.14. The van der Waals surface area contributed by atoms with Crippen LogP contribution in [-0.4, -0.2) is 17.6 Å². The Morgan fingerprint density at radius 3 is 2.10 bits per heavy atom. The smallest absolute Gasteiger partial charge is 0.0226 e. The molecule has 10 heavy (non-hydrogen) atoms. The van der Waals surface area contributed by atoms with Crippen LogP contribution in [0.5, 0.6) is 0 Å². The van der Waals surface area contributed by atoms with Gasteiger partial charge in [0.15, 0.2) is 0 Å². The minimum absolute atomic E-state index is 0.405. The molecule has 0 aliphatic rings. The van der Waals surface area contributed by atoms with Crippen LogP contribution in [0.15, 0.2) is 0 Å². The third kappa shape index (κ3) is 3.85. The monoisotopic (exact) mass is 143 g/mol. The maximum Gasteiger partial charge on any atom is 0.0226 e. The van der Waals surface area contributed by atoms with E-state index in [2.05, 4.69) is 27.7 Å². The van der Waals surface area contributed by atoms with Crippen LogP contribution in [-0.2, 0) is 0 Å². The molecule has 1 N–H and O–H groups in total. The molecule has 1 atom stereocenters. The fraction of sp³-hybridized carbons (Fsp3) is 1.00. The summed E-state index contributed by atoms with van der Waals surface area (Å²) >= 11 is 0. The maximum atomic E-state index is 7.54. The highest BCUT2D eigenvalue weighted by Gasteiger charge is 2.08. The summed E-state index contributed by atoms with van der Waals surface area (Å²) in [7, 11) is 0. The number of nitrogens with one attached hydrogen (secondary N) is 1. The van der Waals surface area contributed by atoms with Crippen LogP contribution >= 0.6 is 0 Å². The van der Waals surface area contributed by atoms with Crippen molar-refractivity contribution in [2.45, 2.75) is 40.2 Å². The van der Waals surface area contributed by atoms with E-state index in [0.29, 0.717) is 12.0 Å². The van der Waals surface area contributed by atoms with Gasteiger partial charge < -0.3 is 0 Å². The molecule has 1 radical (unpaired) electrons. The molecule has 0 saturated heterocycles. The van der Waals surface area contributed by atoms with Gasteiger partial charge >= 0.3 is 0 Å². The molecule has 0 bridgehead atoms. The van der Waals surface area contributed by atoms with Crippen molar-refractivity contribution in [3.8, 4) is 0 Å². The third-order valence-corrected chi connectivity index (χ3v) is 1.68. The van der Waals surface area contributed by atoms with Crippen LogP contribution in [0, 0.1) is 5.92 Å². The molecule has 0 heterocycles. The van der Waals surface area contributed by atoms with Crippen LogP contribution < -0.4 is 5.84 Å². The summed E-state index contributed by atoms with van der Waals surface area (Å²) in [6, 6.07) is 0.405. The molecule has 0 rings (SSSR count). The molecule has 61 valence electrons. The number of rotatable bonds is 4. The summed E-state index contributed by atoms with van der Waals surface area (Å²) in [5.41, 5.74) is 0. The molecule has 2 nitrogen and oxygen atoms in total. The van der Waals surface area contributed by atoms with Crippen molar-refractivity contribution in [3.63, 3.8) is 0 Å². The van der Waals surface area contributed by atoms with Crippen molar-refractivity contribution < 1.29 is 0 Å². The number of hydrogen-bond donors (Lipinski definition) is 0. The Balaban J connectivity index is 3.50. The normalized spacial score (nSPS) is 14.7. The first-order valence-electron chi connectivity index (χ1n) is 4.05. The van der Waals surface area contributed by atoms with Crippen LogP contribution in [0.3, 0.4) is 0 Å². The molecule has 2 heteroatoms. The lowest BCUT2D eigenvalue weighted by Gasteiger charge is -2.23. The van der Waals surface area contributed by atoms with Crippen molar-refractivity contribution in [3.05, 3.63) is 0 Å². The highest BCUT2D eigenvalue weighted by atomic mass is 15.4. The summed E-state index contributed by atoms with van der Waals surface area (Å²) < 4.78 is 0. The summed E-state index contributed by atoms with van der Waals surface area (Å²) in [6.45, 7) is 9.38. The second-order valence-corrected chi connectivity index (χ2v) is 3.30. The van der Waals surface area contributed by atoms with Gasteiger partial charge in [0, 0.05) is 12.6 Å². The van der Waals surface area contributed by atoms with Gasteiger partial charge in [-0.05, 0) is 19.3 Å². The minimum atomic E-state index is 0.405. The van der Waals surface area contributed by atoms with Crippen LogP contribution in [0.4, 0.5) is 0 Å². The largest absolute Gasteiger partial charge is 0.227 e. The molecule has 0 aromatic carbocycles. The van der Waals surface area contributed by atoms with Crippen molar-refractivity contribution >= 4 is 0 Å². The zero-order chi connectivity index (χ0) is 8.15. The van der Waals surface area contributed by atoms with Crippen molar-refractivity contribution in [1.82, 2.24) is 10.9 Å². The molecule has 0 spiro atoms. The Hall–Kier alpha value is -0.0800. The van der Waals surface area contributed by atoms with Crippen molar-refractivity contribution in [2.75, 3.05) is 6.54 Å².